The summed E-state index contributed by atoms with van der Waals surface area (Å²) >= 11 is 3.42. The molecule has 0 unspecified atom stereocenters. The Labute approximate surface area is 218 Å². The molecule has 2 fully saturated rings. The first-order valence-electron chi connectivity index (χ1n) is 12.2. The molecule has 7 nitrogen and oxygen atoms in total. The summed E-state index contributed by atoms with van der Waals surface area (Å²) in [4.78, 5) is 53.7. The molecule has 5 atom stereocenters. The van der Waals surface area contributed by atoms with Crippen LogP contribution < -0.4 is 5.32 Å². The first-order valence-corrected chi connectivity index (χ1v) is 13.0. The van der Waals surface area contributed by atoms with E-state index in [-0.39, 0.29) is 30.1 Å². The Bertz CT molecular complexity index is 1210. The quantitative estimate of drug-likeness (QED) is 0.305. The second kappa shape index (κ2) is 10.0. The van der Waals surface area contributed by atoms with Crippen molar-refractivity contribution in [1.82, 2.24) is 4.90 Å². The van der Waals surface area contributed by atoms with Gasteiger partial charge in [-0.05, 0) is 54.0 Å². The summed E-state index contributed by atoms with van der Waals surface area (Å²) in [6.45, 7) is 1.46. The molecular weight excluding hydrogens is 524 g/mol. The molecular formula is C28H27BrN2O5. The number of nitrogens with zero attached hydrogens (tertiary/aromatic N) is 1. The number of likely N-dealkylation sites (tertiary alicyclic amines) is 1. The molecule has 2 aliphatic carbocycles. The molecule has 1 N–H and O–H groups in total. The fourth-order valence-corrected chi connectivity index (χ4v) is 6.15. The Morgan fingerprint density at radius 2 is 1.72 bits per heavy atom. The third-order valence-electron chi connectivity index (χ3n) is 7.43. The highest BCUT2D eigenvalue weighted by molar-refractivity contribution is 9.10. The molecule has 0 radical (unpaired) electrons. The van der Waals surface area contributed by atoms with Crippen molar-refractivity contribution in [3.05, 3.63) is 76.3 Å². The summed E-state index contributed by atoms with van der Waals surface area (Å²) in [5, 5.41) is 2.78. The van der Waals surface area contributed by atoms with Gasteiger partial charge in [0.05, 0.1) is 11.8 Å². The predicted molar refractivity (Wildman–Crippen MR) is 137 cm³/mol. The molecule has 2 aromatic carbocycles. The largest absolute Gasteiger partial charge is 0.454 e. The lowest BCUT2D eigenvalue weighted by Crippen LogP contribution is -2.48. The van der Waals surface area contributed by atoms with E-state index in [1.54, 1.807) is 6.07 Å². The average Bonchev–Trinajstić information content (AvgIpc) is 3.56. The Morgan fingerprint density at radius 1 is 1.06 bits per heavy atom. The number of nitrogens with one attached hydrogen (secondary N) is 1. The number of anilines is 1. The van der Waals surface area contributed by atoms with Gasteiger partial charge in [-0.3, -0.25) is 19.3 Å². The summed E-state index contributed by atoms with van der Waals surface area (Å²) in [6, 6.07) is 13.6. The third kappa shape index (κ3) is 4.50. The number of ether oxygens (including phenoxy) is 1. The number of carbonyl (C=O) groups is 4. The molecule has 0 spiro atoms. The number of hydrogen-bond donors (Lipinski definition) is 1. The van der Waals surface area contributed by atoms with E-state index in [1.807, 2.05) is 61.5 Å². The Kier molecular flexibility index (Phi) is 6.79. The number of carbonyl (C=O) groups excluding carboxylic acids is 4. The van der Waals surface area contributed by atoms with E-state index in [1.165, 1.54) is 0 Å². The van der Waals surface area contributed by atoms with Crippen molar-refractivity contribution in [3.8, 4) is 0 Å². The Balaban J connectivity index is 1.31. The number of aryl methyl sites for hydroxylation is 1. The summed E-state index contributed by atoms with van der Waals surface area (Å²) < 4.78 is 6.29. The predicted octanol–water partition coefficient (Wildman–Crippen LogP) is 3.91. The summed E-state index contributed by atoms with van der Waals surface area (Å²) in [6.07, 6.45) is 5.69. The van der Waals surface area contributed by atoms with Crippen LogP contribution in [0.4, 0.5) is 5.69 Å². The molecule has 3 aliphatic rings. The van der Waals surface area contributed by atoms with E-state index >= 15 is 0 Å². The number of benzene rings is 2. The van der Waals surface area contributed by atoms with Crippen LogP contribution in [-0.2, 0) is 36.8 Å². The van der Waals surface area contributed by atoms with Crippen LogP contribution in [0.2, 0.25) is 0 Å². The molecule has 1 saturated carbocycles. The second-order valence-electron chi connectivity index (χ2n) is 9.56. The zero-order valence-electron chi connectivity index (χ0n) is 19.9. The van der Waals surface area contributed by atoms with Crippen LogP contribution in [0, 0.1) is 23.7 Å². The lowest BCUT2D eigenvalue weighted by Gasteiger charge is -2.26. The van der Waals surface area contributed by atoms with Crippen LogP contribution in [0.5, 0.6) is 0 Å². The minimum Gasteiger partial charge on any atom is -0.454 e. The maximum absolute atomic E-state index is 13.4. The zero-order valence-corrected chi connectivity index (χ0v) is 21.4. The molecule has 5 rings (SSSR count). The topological polar surface area (TPSA) is 92.8 Å². The number of halogens is 1. The molecule has 1 saturated heterocycles. The Hall–Kier alpha value is -3.26. The van der Waals surface area contributed by atoms with Gasteiger partial charge in [-0.1, -0.05) is 65.3 Å². The van der Waals surface area contributed by atoms with Crippen molar-refractivity contribution in [3.63, 3.8) is 0 Å². The van der Waals surface area contributed by atoms with Gasteiger partial charge in [-0.2, -0.15) is 0 Å². The molecule has 2 aromatic rings. The van der Waals surface area contributed by atoms with Gasteiger partial charge < -0.3 is 10.1 Å². The number of fused-ring (bicyclic) bond motifs is 5. The smallest absolute Gasteiger partial charge is 0.330 e. The normalized spacial score (nSPS) is 24.7. The van der Waals surface area contributed by atoms with Crippen LogP contribution in [0.25, 0.3) is 0 Å². The first-order chi connectivity index (χ1) is 17.4. The van der Waals surface area contributed by atoms with Crippen molar-refractivity contribution in [2.75, 3.05) is 11.9 Å². The highest BCUT2D eigenvalue weighted by Crippen LogP contribution is 2.53. The van der Waals surface area contributed by atoms with Crippen molar-refractivity contribution in [2.24, 2.45) is 23.7 Å². The van der Waals surface area contributed by atoms with E-state index in [2.05, 4.69) is 21.2 Å². The van der Waals surface area contributed by atoms with Gasteiger partial charge in [-0.15, -0.1) is 0 Å². The van der Waals surface area contributed by atoms with Gasteiger partial charge in [0.2, 0.25) is 11.8 Å². The van der Waals surface area contributed by atoms with Crippen LogP contribution in [0.3, 0.4) is 0 Å². The molecule has 8 heteroatoms. The highest BCUT2D eigenvalue weighted by Gasteiger charge is 2.61. The molecule has 2 bridgehead atoms. The second-order valence-corrected chi connectivity index (χ2v) is 10.5. The third-order valence-corrected chi connectivity index (χ3v) is 7.92. The van der Waals surface area contributed by atoms with Crippen LogP contribution in [-0.4, -0.2) is 41.2 Å². The lowest BCUT2D eigenvalue weighted by atomic mass is 9.85. The minimum atomic E-state index is -1.12. The van der Waals surface area contributed by atoms with Crippen LogP contribution in [0.15, 0.2) is 65.2 Å². The highest BCUT2D eigenvalue weighted by atomic mass is 79.9. The van der Waals surface area contributed by atoms with Gasteiger partial charge in [-0.25, -0.2) is 4.79 Å². The monoisotopic (exact) mass is 550 g/mol. The van der Waals surface area contributed by atoms with Gasteiger partial charge in [0.1, 0.15) is 6.04 Å². The lowest BCUT2D eigenvalue weighted by molar-refractivity contribution is -0.160. The molecule has 186 valence electrons. The van der Waals surface area contributed by atoms with Gasteiger partial charge in [0.25, 0.3) is 5.91 Å². The van der Waals surface area contributed by atoms with E-state index in [9.17, 15) is 19.2 Å². The summed E-state index contributed by atoms with van der Waals surface area (Å²) in [5.41, 5.74) is 2.38. The number of allylic oxidation sites excluding steroid dienone is 2. The fraction of sp³-hybridized carbons (Fsp3) is 0.357. The first kappa shape index (κ1) is 24.4. The van der Waals surface area contributed by atoms with E-state index in [0.29, 0.717) is 12.1 Å². The van der Waals surface area contributed by atoms with Crippen molar-refractivity contribution in [1.29, 1.82) is 0 Å². The molecule has 1 heterocycles. The number of rotatable bonds is 8. The summed E-state index contributed by atoms with van der Waals surface area (Å²) in [7, 11) is 0. The fourth-order valence-electron chi connectivity index (χ4n) is 5.75. The molecule has 0 aromatic heterocycles. The van der Waals surface area contributed by atoms with E-state index < -0.39 is 36.4 Å². The number of esters is 1. The van der Waals surface area contributed by atoms with E-state index in [4.69, 9.17) is 4.74 Å². The molecule has 1 aliphatic heterocycles. The zero-order chi connectivity index (χ0) is 25.4. The number of imide groups is 1. The minimum absolute atomic E-state index is 0.0410. The van der Waals surface area contributed by atoms with Gasteiger partial charge in [0.15, 0.2) is 6.61 Å². The molecule has 36 heavy (non-hydrogen) atoms. The molecule has 3 amide bonds. The van der Waals surface area contributed by atoms with Crippen LogP contribution >= 0.6 is 15.9 Å². The van der Waals surface area contributed by atoms with E-state index in [0.717, 1.165) is 26.9 Å². The number of amides is 3. The maximum Gasteiger partial charge on any atom is 0.330 e. The summed E-state index contributed by atoms with van der Waals surface area (Å²) in [5.74, 6) is -2.62. The van der Waals surface area contributed by atoms with Gasteiger partial charge >= 0.3 is 5.97 Å². The SMILES string of the molecule is CCc1cc(Br)ccc1NC(=O)COC(=O)[C@H](Cc1ccccc1)N1C(=O)[C@H]2[C@H](C1=O)[C@H]1C=C[C@H]2C1. The van der Waals surface area contributed by atoms with Crippen molar-refractivity contribution in [2.45, 2.75) is 32.2 Å². The number of hydrogen-bond acceptors (Lipinski definition) is 5. The average molecular weight is 551 g/mol. The van der Waals surface area contributed by atoms with Crippen LogP contribution in [0.1, 0.15) is 24.5 Å². The van der Waals surface area contributed by atoms with Crippen molar-refractivity contribution >= 4 is 45.3 Å². The van der Waals surface area contributed by atoms with Crippen molar-refractivity contribution < 1.29 is 23.9 Å². The maximum atomic E-state index is 13.4. The van der Waals surface area contributed by atoms with Gasteiger partial charge in [0, 0.05) is 16.6 Å². The Morgan fingerprint density at radius 3 is 2.36 bits per heavy atom. The standard InChI is InChI=1S/C28H27BrN2O5/c1-2-17-14-20(29)10-11-21(17)30-23(32)15-36-28(35)22(12-16-6-4-3-5-7-16)31-26(33)24-18-8-9-19(13-18)25(24)27(31)34/h3-11,14,18-19,22,24-25H,2,12-13,15H2,1H3,(H,30,32)/t18-,19-,22-,24+,25+/m0/s1.